The minimum Gasteiger partial charge on any atom is -0.383 e. The molecule has 2 atom stereocenters. The summed E-state index contributed by atoms with van der Waals surface area (Å²) in [5, 5.41) is 10.5. The van der Waals surface area contributed by atoms with Gasteiger partial charge in [-0.25, -0.2) is 4.39 Å². The molecule has 2 unspecified atom stereocenters. The Kier molecular flexibility index (Phi) is 4.36. The van der Waals surface area contributed by atoms with Crippen LogP contribution in [0.25, 0.3) is 0 Å². The van der Waals surface area contributed by atoms with Gasteiger partial charge in [0.15, 0.2) is 0 Å². The number of aryl methyl sites for hydroxylation is 1. The highest BCUT2D eigenvalue weighted by Gasteiger charge is 2.25. The second kappa shape index (κ2) is 6.65. The van der Waals surface area contributed by atoms with Crippen LogP contribution in [0.2, 0.25) is 0 Å². The second-order valence-electron chi connectivity index (χ2n) is 7.11. The molecule has 2 heterocycles. The molecule has 2 aromatic carbocycles. The lowest BCUT2D eigenvalue weighted by atomic mass is 10.1. The predicted octanol–water partition coefficient (Wildman–Crippen LogP) is 3.12. The topological polar surface area (TPSA) is 39.3 Å². The van der Waals surface area contributed by atoms with Crippen molar-refractivity contribution in [2.24, 2.45) is 0 Å². The van der Waals surface area contributed by atoms with Gasteiger partial charge >= 0.3 is 0 Å². The normalized spacial score (nSPS) is 22.7. The lowest BCUT2D eigenvalue weighted by molar-refractivity contribution is 0.301. The third kappa shape index (κ3) is 3.22. The van der Waals surface area contributed by atoms with Crippen molar-refractivity contribution in [3.8, 4) is 0 Å². The SMILES string of the molecule is Cc1ccc(F)c2c1NC(CNc1cccc(C3NCCN3C)c1)C2. The van der Waals surface area contributed by atoms with Crippen molar-refractivity contribution in [3.63, 3.8) is 0 Å². The number of anilines is 2. The first-order chi connectivity index (χ1) is 12.1. The van der Waals surface area contributed by atoms with E-state index in [1.54, 1.807) is 6.07 Å². The molecule has 0 aliphatic carbocycles. The molecule has 132 valence electrons. The number of likely N-dealkylation sites (N-methyl/N-ethyl adjacent to an activating group) is 1. The van der Waals surface area contributed by atoms with Crippen LogP contribution in [0.15, 0.2) is 36.4 Å². The van der Waals surface area contributed by atoms with Crippen molar-refractivity contribution in [2.45, 2.75) is 25.6 Å². The van der Waals surface area contributed by atoms with E-state index in [9.17, 15) is 4.39 Å². The van der Waals surface area contributed by atoms with Gasteiger partial charge in [-0.1, -0.05) is 18.2 Å². The van der Waals surface area contributed by atoms with Crippen LogP contribution in [0.4, 0.5) is 15.8 Å². The maximum Gasteiger partial charge on any atom is 0.128 e. The molecular weight excluding hydrogens is 315 g/mol. The zero-order valence-electron chi connectivity index (χ0n) is 14.8. The number of fused-ring (bicyclic) bond motifs is 1. The fourth-order valence-corrected chi connectivity index (χ4v) is 3.86. The van der Waals surface area contributed by atoms with Crippen LogP contribution in [0.3, 0.4) is 0 Å². The van der Waals surface area contributed by atoms with Crippen LogP contribution in [0.1, 0.15) is 22.9 Å². The largest absolute Gasteiger partial charge is 0.383 e. The molecule has 0 saturated carbocycles. The standard InChI is InChI=1S/C20H25FN4/c1-13-6-7-18(21)17-11-16(24-19(13)17)12-23-15-5-3-4-14(10-15)20-22-8-9-25(20)2/h3-7,10,16,20,22-24H,8-9,11-12H2,1-2H3. The first-order valence-corrected chi connectivity index (χ1v) is 8.94. The first kappa shape index (κ1) is 16.4. The Bertz CT molecular complexity index is 745. The molecule has 0 aromatic heterocycles. The summed E-state index contributed by atoms with van der Waals surface area (Å²) in [7, 11) is 2.14. The number of benzene rings is 2. The van der Waals surface area contributed by atoms with Gasteiger partial charge in [0.2, 0.25) is 0 Å². The summed E-state index contributed by atoms with van der Waals surface area (Å²) in [6, 6.07) is 12.2. The monoisotopic (exact) mass is 340 g/mol. The molecule has 2 aliphatic heterocycles. The molecule has 0 amide bonds. The molecule has 1 saturated heterocycles. The predicted molar refractivity (Wildman–Crippen MR) is 101 cm³/mol. The molecule has 2 aliphatic rings. The molecule has 5 heteroatoms. The summed E-state index contributed by atoms with van der Waals surface area (Å²) in [5.41, 5.74) is 5.27. The maximum absolute atomic E-state index is 14.0. The highest BCUT2D eigenvalue weighted by molar-refractivity contribution is 5.63. The summed E-state index contributed by atoms with van der Waals surface area (Å²) in [6.07, 6.45) is 1.01. The molecule has 0 bridgehead atoms. The highest BCUT2D eigenvalue weighted by atomic mass is 19.1. The molecule has 4 nitrogen and oxygen atoms in total. The van der Waals surface area contributed by atoms with E-state index in [1.807, 2.05) is 13.0 Å². The molecule has 2 aromatic rings. The van der Waals surface area contributed by atoms with Gasteiger partial charge in [0.25, 0.3) is 0 Å². The molecule has 3 N–H and O–H groups in total. The summed E-state index contributed by atoms with van der Waals surface area (Å²) >= 11 is 0. The zero-order valence-corrected chi connectivity index (χ0v) is 14.8. The fourth-order valence-electron chi connectivity index (χ4n) is 3.86. The van der Waals surface area contributed by atoms with E-state index < -0.39 is 0 Å². The van der Waals surface area contributed by atoms with E-state index in [0.717, 1.165) is 48.6 Å². The lowest BCUT2D eigenvalue weighted by Crippen LogP contribution is -2.26. The smallest absolute Gasteiger partial charge is 0.128 e. The molecule has 25 heavy (non-hydrogen) atoms. The van der Waals surface area contributed by atoms with Gasteiger partial charge in [0, 0.05) is 42.6 Å². The van der Waals surface area contributed by atoms with E-state index >= 15 is 0 Å². The van der Waals surface area contributed by atoms with E-state index in [0.29, 0.717) is 0 Å². The zero-order chi connectivity index (χ0) is 17.4. The lowest BCUT2D eigenvalue weighted by Gasteiger charge is -2.21. The summed E-state index contributed by atoms with van der Waals surface area (Å²) in [6.45, 7) is 4.88. The van der Waals surface area contributed by atoms with Gasteiger partial charge in [0.1, 0.15) is 5.82 Å². The van der Waals surface area contributed by atoms with Gasteiger partial charge in [0.05, 0.1) is 6.17 Å². The van der Waals surface area contributed by atoms with Gasteiger partial charge in [-0.15, -0.1) is 0 Å². The van der Waals surface area contributed by atoms with Gasteiger partial charge in [-0.3, -0.25) is 10.2 Å². The quantitative estimate of drug-likeness (QED) is 0.800. The van der Waals surface area contributed by atoms with Crippen molar-refractivity contribution in [1.82, 2.24) is 10.2 Å². The average Bonchev–Trinajstić information content (AvgIpc) is 3.24. The van der Waals surface area contributed by atoms with E-state index in [4.69, 9.17) is 0 Å². The number of nitrogens with one attached hydrogen (secondary N) is 3. The Hall–Kier alpha value is -2.11. The number of halogens is 1. The van der Waals surface area contributed by atoms with Crippen LogP contribution >= 0.6 is 0 Å². The average molecular weight is 340 g/mol. The summed E-state index contributed by atoms with van der Waals surface area (Å²) < 4.78 is 14.0. The van der Waals surface area contributed by atoms with E-state index in [-0.39, 0.29) is 18.0 Å². The molecule has 0 radical (unpaired) electrons. The van der Waals surface area contributed by atoms with Crippen LogP contribution in [-0.2, 0) is 6.42 Å². The number of nitrogens with zero attached hydrogens (tertiary/aromatic N) is 1. The van der Waals surface area contributed by atoms with Crippen molar-refractivity contribution >= 4 is 11.4 Å². The van der Waals surface area contributed by atoms with Crippen molar-refractivity contribution in [3.05, 3.63) is 58.9 Å². The maximum atomic E-state index is 14.0. The molecule has 0 spiro atoms. The second-order valence-corrected chi connectivity index (χ2v) is 7.11. The van der Waals surface area contributed by atoms with Crippen LogP contribution < -0.4 is 16.0 Å². The van der Waals surface area contributed by atoms with Crippen LogP contribution in [0.5, 0.6) is 0 Å². The van der Waals surface area contributed by atoms with Gasteiger partial charge in [-0.05, 0) is 49.7 Å². The molecular formula is C20H25FN4. The minimum absolute atomic E-state index is 0.104. The molecule has 1 fully saturated rings. The van der Waals surface area contributed by atoms with Crippen LogP contribution in [0, 0.1) is 12.7 Å². The summed E-state index contributed by atoms with van der Waals surface area (Å²) in [5.74, 6) is -0.104. The van der Waals surface area contributed by atoms with Gasteiger partial charge in [-0.2, -0.15) is 0 Å². The van der Waals surface area contributed by atoms with Gasteiger partial charge < -0.3 is 10.6 Å². The Balaban J connectivity index is 1.41. The number of rotatable bonds is 4. The Morgan fingerprint density at radius 3 is 2.92 bits per heavy atom. The third-order valence-corrected chi connectivity index (χ3v) is 5.26. The van der Waals surface area contributed by atoms with Crippen molar-refractivity contribution in [2.75, 3.05) is 37.3 Å². The molecule has 4 rings (SSSR count). The number of hydrogen-bond donors (Lipinski definition) is 3. The van der Waals surface area contributed by atoms with Crippen molar-refractivity contribution in [1.29, 1.82) is 0 Å². The highest BCUT2D eigenvalue weighted by Crippen LogP contribution is 2.31. The Labute approximate surface area is 148 Å². The minimum atomic E-state index is -0.104. The summed E-state index contributed by atoms with van der Waals surface area (Å²) in [4.78, 5) is 2.32. The van der Waals surface area contributed by atoms with Crippen molar-refractivity contribution < 1.29 is 4.39 Å². The van der Waals surface area contributed by atoms with Crippen LogP contribution in [-0.4, -0.2) is 37.6 Å². The third-order valence-electron chi connectivity index (χ3n) is 5.26. The Morgan fingerprint density at radius 1 is 1.28 bits per heavy atom. The van der Waals surface area contributed by atoms with E-state index in [2.05, 4.69) is 52.2 Å². The first-order valence-electron chi connectivity index (χ1n) is 8.94. The Morgan fingerprint density at radius 2 is 2.16 bits per heavy atom. The number of hydrogen-bond acceptors (Lipinski definition) is 4. The fraction of sp³-hybridized carbons (Fsp3) is 0.400. The van der Waals surface area contributed by atoms with E-state index in [1.165, 1.54) is 5.56 Å².